The maximum atomic E-state index is 11.7. The largest absolute Gasteiger partial charge is 0.455 e. The fourth-order valence-electron chi connectivity index (χ4n) is 2.78. The minimum Gasteiger partial charge on any atom is -0.455 e. The van der Waals surface area contributed by atoms with E-state index in [4.69, 9.17) is 16.0 Å². The number of furan rings is 1. The molecule has 3 heteroatoms. The fourth-order valence-corrected chi connectivity index (χ4v) is 3.00. The smallest absolute Gasteiger partial charge is 0.163 e. The molecule has 0 radical (unpaired) electrons. The normalized spacial score (nSPS) is 13.9. The van der Waals surface area contributed by atoms with Crippen LogP contribution in [0.25, 0.3) is 22.3 Å². The van der Waals surface area contributed by atoms with Gasteiger partial charge in [0.2, 0.25) is 0 Å². The van der Waals surface area contributed by atoms with Crippen LogP contribution in [0.15, 0.2) is 46.9 Å². The molecule has 0 spiro atoms. The lowest BCUT2D eigenvalue weighted by Gasteiger charge is -2.01. The number of hydrogen-bond acceptors (Lipinski definition) is 2. The Morgan fingerprint density at radius 1 is 1.05 bits per heavy atom. The highest BCUT2D eigenvalue weighted by Gasteiger charge is 2.20. The lowest BCUT2D eigenvalue weighted by atomic mass is 10.0. The molecule has 2 nitrogen and oxygen atoms in total. The molecule has 1 aliphatic carbocycles. The molecular formula is C17H11ClO2. The van der Waals surface area contributed by atoms with Gasteiger partial charge >= 0.3 is 0 Å². The molecule has 0 N–H and O–H groups in total. The summed E-state index contributed by atoms with van der Waals surface area (Å²) >= 11 is 6.13. The molecule has 0 saturated carbocycles. The first-order chi connectivity index (χ1) is 9.72. The number of fused-ring (bicyclic) bond motifs is 2. The third kappa shape index (κ3) is 1.69. The molecule has 0 atom stereocenters. The average molecular weight is 283 g/mol. The summed E-state index contributed by atoms with van der Waals surface area (Å²) in [6.07, 6.45) is 1.44. The summed E-state index contributed by atoms with van der Waals surface area (Å²) in [4.78, 5) is 11.7. The topological polar surface area (TPSA) is 30.2 Å². The molecular weight excluding hydrogens is 272 g/mol. The van der Waals surface area contributed by atoms with Crippen molar-refractivity contribution >= 4 is 28.4 Å². The van der Waals surface area contributed by atoms with Crippen LogP contribution in [0.3, 0.4) is 0 Å². The van der Waals surface area contributed by atoms with Gasteiger partial charge in [0.25, 0.3) is 0 Å². The van der Waals surface area contributed by atoms with Gasteiger partial charge in [-0.05, 0) is 30.2 Å². The van der Waals surface area contributed by atoms with E-state index in [9.17, 15) is 4.79 Å². The first-order valence-electron chi connectivity index (χ1n) is 6.57. The third-order valence-electron chi connectivity index (χ3n) is 3.81. The van der Waals surface area contributed by atoms with Crippen molar-refractivity contribution < 1.29 is 9.21 Å². The van der Waals surface area contributed by atoms with E-state index in [1.54, 1.807) is 0 Å². The van der Waals surface area contributed by atoms with Gasteiger partial charge in [0, 0.05) is 22.9 Å². The van der Waals surface area contributed by atoms with Gasteiger partial charge in [-0.3, -0.25) is 4.79 Å². The lowest BCUT2D eigenvalue weighted by molar-refractivity contribution is 0.0994. The number of Topliss-reactive ketones (excluding diaryl/α,β-unsaturated/α-hetero) is 1. The summed E-state index contributed by atoms with van der Waals surface area (Å²) in [5.74, 6) is 1.02. The number of carbonyl (C=O) groups excluding carboxylic acids is 1. The summed E-state index contributed by atoms with van der Waals surface area (Å²) in [7, 11) is 0. The molecule has 0 unspecified atom stereocenters. The quantitative estimate of drug-likeness (QED) is 0.636. The Morgan fingerprint density at radius 2 is 1.95 bits per heavy atom. The van der Waals surface area contributed by atoms with Crippen molar-refractivity contribution in [1.29, 1.82) is 0 Å². The van der Waals surface area contributed by atoms with Gasteiger partial charge < -0.3 is 4.42 Å². The first kappa shape index (κ1) is 11.7. The molecule has 0 saturated heterocycles. The van der Waals surface area contributed by atoms with Gasteiger partial charge in [0.05, 0.1) is 5.02 Å². The van der Waals surface area contributed by atoms with Gasteiger partial charge in [0.1, 0.15) is 5.76 Å². The van der Waals surface area contributed by atoms with E-state index in [-0.39, 0.29) is 5.78 Å². The van der Waals surface area contributed by atoms with Crippen LogP contribution in [0.5, 0.6) is 0 Å². The van der Waals surface area contributed by atoms with E-state index >= 15 is 0 Å². The predicted octanol–water partition coefficient (Wildman–Crippen LogP) is 4.88. The third-order valence-corrected chi connectivity index (χ3v) is 4.11. The summed E-state index contributed by atoms with van der Waals surface area (Å²) in [5.41, 5.74) is 3.66. The van der Waals surface area contributed by atoms with Crippen LogP contribution in [0.2, 0.25) is 5.02 Å². The van der Waals surface area contributed by atoms with Crippen molar-refractivity contribution in [3.8, 4) is 11.3 Å². The molecule has 3 aromatic rings. The molecule has 4 rings (SSSR count). The van der Waals surface area contributed by atoms with Crippen LogP contribution in [0.4, 0.5) is 0 Å². The molecule has 0 amide bonds. The zero-order valence-corrected chi connectivity index (χ0v) is 11.4. The summed E-state index contributed by atoms with van der Waals surface area (Å²) in [5, 5.41) is 1.61. The van der Waals surface area contributed by atoms with Crippen molar-refractivity contribution in [2.24, 2.45) is 0 Å². The second-order valence-electron chi connectivity index (χ2n) is 5.06. The van der Waals surface area contributed by atoms with Crippen LogP contribution in [0.1, 0.15) is 22.3 Å². The second-order valence-corrected chi connectivity index (χ2v) is 5.47. The highest BCUT2D eigenvalue weighted by molar-refractivity contribution is 6.34. The number of para-hydroxylation sites is 1. The number of halogens is 1. The van der Waals surface area contributed by atoms with Gasteiger partial charge in [-0.15, -0.1) is 0 Å². The summed E-state index contributed by atoms with van der Waals surface area (Å²) in [6.45, 7) is 0. The summed E-state index contributed by atoms with van der Waals surface area (Å²) in [6, 6.07) is 13.6. The molecule has 2 aromatic carbocycles. The zero-order chi connectivity index (χ0) is 13.7. The lowest BCUT2D eigenvalue weighted by Crippen LogP contribution is -1.90. The van der Waals surface area contributed by atoms with Crippen LogP contribution in [-0.2, 0) is 6.42 Å². The Bertz CT molecular complexity index is 845. The molecule has 20 heavy (non-hydrogen) atoms. The van der Waals surface area contributed by atoms with Crippen LogP contribution < -0.4 is 0 Å². The number of aryl methyl sites for hydroxylation is 1. The van der Waals surface area contributed by atoms with Crippen LogP contribution >= 0.6 is 11.6 Å². The zero-order valence-electron chi connectivity index (χ0n) is 10.7. The van der Waals surface area contributed by atoms with Crippen molar-refractivity contribution in [3.05, 3.63) is 58.6 Å². The van der Waals surface area contributed by atoms with E-state index in [0.717, 1.165) is 34.3 Å². The molecule has 1 heterocycles. The minimum absolute atomic E-state index is 0.235. The Balaban J connectivity index is 1.87. The van der Waals surface area contributed by atoms with E-state index in [0.29, 0.717) is 17.0 Å². The van der Waals surface area contributed by atoms with E-state index in [1.807, 2.05) is 42.5 Å². The number of carbonyl (C=O) groups is 1. The van der Waals surface area contributed by atoms with Gasteiger partial charge in [0.15, 0.2) is 11.4 Å². The maximum Gasteiger partial charge on any atom is 0.163 e. The molecule has 1 aromatic heterocycles. The van der Waals surface area contributed by atoms with Crippen molar-refractivity contribution in [2.45, 2.75) is 12.8 Å². The van der Waals surface area contributed by atoms with Gasteiger partial charge in [-0.1, -0.05) is 35.9 Å². The second kappa shape index (κ2) is 4.22. The molecule has 1 aliphatic rings. The monoisotopic (exact) mass is 282 g/mol. The number of hydrogen-bond donors (Lipinski definition) is 0. The van der Waals surface area contributed by atoms with Crippen LogP contribution in [0, 0.1) is 0 Å². The standard InChI is InChI=1S/C17H11ClO2/c18-14-3-1-2-12-9-16(20-17(12)14)11-4-6-13-10(8-11)5-7-15(13)19/h1-4,6,8-9H,5,7H2. The fraction of sp³-hybridized carbons (Fsp3) is 0.118. The molecule has 0 aliphatic heterocycles. The van der Waals surface area contributed by atoms with Gasteiger partial charge in [-0.25, -0.2) is 0 Å². The Labute approximate surface area is 121 Å². The average Bonchev–Trinajstić information content (AvgIpc) is 3.04. The van der Waals surface area contributed by atoms with Crippen molar-refractivity contribution in [1.82, 2.24) is 0 Å². The van der Waals surface area contributed by atoms with E-state index < -0.39 is 0 Å². The molecule has 0 fully saturated rings. The maximum absolute atomic E-state index is 11.7. The Morgan fingerprint density at radius 3 is 2.80 bits per heavy atom. The number of benzene rings is 2. The van der Waals surface area contributed by atoms with E-state index in [1.165, 1.54) is 0 Å². The number of rotatable bonds is 1. The predicted molar refractivity (Wildman–Crippen MR) is 79.3 cm³/mol. The Hall–Kier alpha value is -2.06. The summed E-state index contributed by atoms with van der Waals surface area (Å²) < 4.78 is 5.85. The highest BCUT2D eigenvalue weighted by Crippen LogP contribution is 2.34. The molecule has 98 valence electrons. The van der Waals surface area contributed by atoms with E-state index in [2.05, 4.69) is 0 Å². The van der Waals surface area contributed by atoms with Crippen LogP contribution in [-0.4, -0.2) is 5.78 Å². The molecule has 0 bridgehead atoms. The van der Waals surface area contributed by atoms with Crippen molar-refractivity contribution in [3.63, 3.8) is 0 Å². The first-order valence-corrected chi connectivity index (χ1v) is 6.95. The van der Waals surface area contributed by atoms with Crippen molar-refractivity contribution in [2.75, 3.05) is 0 Å². The highest BCUT2D eigenvalue weighted by atomic mass is 35.5. The SMILES string of the molecule is O=C1CCc2cc(-c3cc4cccc(Cl)c4o3)ccc21. The Kier molecular flexibility index (Phi) is 2.48. The minimum atomic E-state index is 0.235. The van der Waals surface area contributed by atoms with Gasteiger partial charge in [-0.2, -0.15) is 0 Å². The number of ketones is 1.